The molecule has 0 amide bonds. The van der Waals surface area contributed by atoms with Gasteiger partial charge < -0.3 is 9.90 Å². The van der Waals surface area contributed by atoms with Gasteiger partial charge in [0.25, 0.3) is 0 Å². The molecule has 27 heavy (non-hydrogen) atoms. The van der Waals surface area contributed by atoms with Crippen LogP contribution in [0.25, 0.3) is 0 Å². The van der Waals surface area contributed by atoms with Gasteiger partial charge in [0.05, 0.1) is 4.90 Å². The van der Waals surface area contributed by atoms with Crippen LogP contribution in [0.15, 0.2) is 47.4 Å². The zero-order valence-electron chi connectivity index (χ0n) is 15.7. The van der Waals surface area contributed by atoms with Crippen molar-refractivity contribution >= 4 is 16.0 Å². The maximum Gasteiger partial charge on any atom is 1.00 e. The van der Waals surface area contributed by atoms with Crippen LogP contribution in [0.5, 0.6) is 0 Å². The zero-order chi connectivity index (χ0) is 18.7. The van der Waals surface area contributed by atoms with E-state index in [0.29, 0.717) is 12.1 Å². The van der Waals surface area contributed by atoms with E-state index in [1.165, 1.54) is 0 Å². The number of carboxylic acids is 1. The third kappa shape index (κ3) is 5.65. The number of carboxylic acid groups (broad SMARTS) is 1. The number of hydrogen-bond donors (Lipinski definition) is 1. The first-order chi connectivity index (χ1) is 12.3. The minimum atomic E-state index is -3.56. The Bertz CT molecular complexity index is 910. The van der Waals surface area contributed by atoms with Gasteiger partial charge in [0, 0.05) is 18.9 Å². The summed E-state index contributed by atoms with van der Waals surface area (Å²) in [6, 6.07) is 12.4. The molecular weight excluding hydrogens is 373 g/mol. The molecule has 0 fully saturated rings. The summed E-state index contributed by atoms with van der Waals surface area (Å²) < 4.78 is 27.7. The smallest absolute Gasteiger partial charge is 0.550 e. The summed E-state index contributed by atoms with van der Waals surface area (Å²) in [6.45, 7) is 2.21. The van der Waals surface area contributed by atoms with E-state index in [4.69, 9.17) is 0 Å². The fourth-order valence-electron chi connectivity index (χ4n) is 3.45. The van der Waals surface area contributed by atoms with Crippen molar-refractivity contribution in [3.63, 3.8) is 0 Å². The van der Waals surface area contributed by atoms with Gasteiger partial charge in [-0.2, -0.15) is 0 Å². The molecule has 0 saturated carbocycles. The largest absolute Gasteiger partial charge is 1.00 e. The van der Waals surface area contributed by atoms with E-state index in [1.54, 1.807) is 24.3 Å². The van der Waals surface area contributed by atoms with E-state index < -0.39 is 16.0 Å². The molecule has 2 aromatic rings. The van der Waals surface area contributed by atoms with Crippen LogP contribution in [-0.2, 0) is 27.7 Å². The summed E-state index contributed by atoms with van der Waals surface area (Å²) in [5, 5.41) is 10.9. The van der Waals surface area contributed by atoms with Crippen molar-refractivity contribution in [2.24, 2.45) is 0 Å². The molecule has 1 unspecified atom stereocenters. The van der Waals surface area contributed by atoms with E-state index in [2.05, 4.69) is 4.72 Å². The summed E-state index contributed by atoms with van der Waals surface area (Å²) in [5.74, 6) is -1.07. The molecule has 0 radical (unpaired) electrons. The average Bonchev–Trinajstić information content (AvgIpc) is 2.60. The molecule has 0 bridgehead atoms. The van der Waals surface area contributed by atoms with Crippen molar-refractivity contribution in [2.75, 3.05) is 6.54 Å². The van der Waals surface area contributed by atoms with Crippen molar-refractivity contribution in [2.45, 2.75) is 43.4 Å². The molecule has 0 spiro atoms. The number of rotatable bonds is 6. The number of benzene rings is 2. The van der Waals surface area contributed by atoms with E-state index in [9.17, 15) is 18.3 Å². The minimum Gasteiger partial charge on any atom is -0.550 e. The summed E-state index contributed by atoms with van der Waals surface area (Å²) in [5.41, 5.74) is 3.90. The predicted octanol–water partition coefficient (Wildman–Crippen LogP) is -1.31. The molecule has 3 rings (SSSR count). The molecule has 0 aromatic heterocycles. The van der Waals surface area contributed by atoms with Crippen LogP contribution in [0.2, 0.25) is 0 Å². The van der Waals surface area contributed by atoms with Gasteiger partial charge in [0.2, 0.25) is 10.0 Å². The summed E-state index contributed by atoms with van der Waals surface area (Å²) in [4.78, 5) is 11.1. The number of nitrogens with one attached hydrogen (secondary N) is 1. The molecule has 1 aliphatic carbocycles. The van der Waals surface area contributed by atoms with Gasteiger partial charge in [-0.3, -0.25) is 0 Å². The van der Waals surface area contributed by atoms with E-state index >= 15 is 0 Å². The van der Waals surface area contributed by atoms with Gasteiger partial charge in [0.1, 0.15) is 0 Å². The topological polar surface area (TPSA) is 86.3 Å². The zero-order valence-corrected chi connectivity index (χ0v) is 18.5. The number of aliphatic carboxylic acids is 1. The van der Waals surface area contributed by atoms with Crippen LogP contribution in [0.3, 0.4) is 0 Å². The monoisotopic (exact) mass is 395 g/mol. The molecule has 1 atom stereocenters. The minimum absolute atomic E-state index is 0. The maximum absolute atomic E-state index is 12.5. The third-order valence-corrected chi connectivity index (χ3v) is 6.29. The van der Waals surface area contributed by atoms with Crippen molar-refractivity contribution in [1.82, 2.24) is 4.72 Å². The summed E-state index contributed by atoms with van der Waals surface area (Å²) in [7, 11) is -3.56. The first-order valence-corrected chi connectivity index (χ1v) is 10.2. The fraction of sp³-hybridized carbons (Fsp3) is 0.350. The second-order valence-corrected chi connectivity index (χ2v) is 8.60. The second kappa shape index (κ2) is 9.34. The summed E-state index contributed by atoms with van der Waals surface area (Å²) >= 11 is 0. The summed E-state index contributed by atoms with van der Waals surface area (Å²) in [6.07, 6.45) is 2.67. The number of sulfonamides is 1. The van der Waals surface area contributed by atoms with Crippen molar-refractivity contribution < 1.29 is 47.9 Å². The molecule has 5 nitrogen and oxygen atoms in total. The van der Waals surface area contributed by atoms with Crippen molar-refractivity contribution in [1.29, 1.82) is 0 Å². The normalized spacial score (nSPS) is 16.3. The predicted molar refractivity (Wildman–Crippen MR) is 97.2 cm³/mol. The van der Waals surface area contributed by atoms with Gasteiger partial charge in [-0.15, -0.1) is 0 Å². The maximum atomic E-state index is 12.5. The standard InChI is InChI=1S/C20H23NO4S.Na/c1-14-5-9-18(10-6-14)26(24,25)21-13-17-4-2-3-16-8-7-15(11-19(16)17)12-20(22)23;/h5-11,17,21H,2-4,12-13H2,1H3,(H,22,23);/q;+1/p-1. The van der Waals surface area contributed by atoms with Gasteiger partial charge in [-0.25, -0.2) is 13.1 Å². The number of aryl methyl sites for hydroxylation is 2. The van der Waals surface area contributed by atoms with E-state index in [0.717, 1.165) is 36.0 Å². The second-order valence-electron chi connectivity index (χ2n) is 6.84. The van der Waals surface area contributed by atoms with Gasteiger partial charge >= 0.3 is 29.6 Å². The first-order valence-electron chi connectivity index (χ1n) is 8.73. The quantitative estimate of drug-likeness (QED) is 0.616. The van der Waals surface area contributed by atoms with Crippen LogP contribution in [0.1, 0.15) is 41.0 Å². The molecule has 0 saturated heterocycles. The Morgan fingerprint density at radius 2 is 1.89 bits per heavy atom. The van der Waals surface area contributed by atoms with Gasteiger partial charge in [-0.05, 0) is 60.9 Å². The molecule has 1 aliphatic rings. The van der Waals surface area contributed by atoms with Gasteiger partial charge in [0.15, 0.2) is 0 Å². The Kier molecular flexibility index (Phi) is 7.65. The fourth-order valence-corrected chi connectivity index (χ4v) is 4.53. The number of carbonyl (C=O) groups excluding carboxylic acids is 1. The van der Waals surface area contributed by atoms with Crippen LogP contribution in [-0.4, -0.2) is 20.9 Å². The number of carbonyl (C=O) groups is 1. The molecule has 1 N–H and O–H groups in total. The Balaban J connectivity index is 0.00000261. The molecule has 138 valence electrons. The number of hydrogen-bond acceptors (Lipinski definition) is 4. The SMILES string of the molecule is Cc1ccc(S(=O)(=O)NCC2CCCc3ccc(CC(=O)[O-])cc32)cc1.[Na+]. The molecule has 0 heterocycles. The Labute approximate surface area is 182 Å². The van der Waals surface area contributed by atoms with E-state index in [1.807, 2.05) is 25.1 Å². The third-order valence-electron chi connectivity index (χ3n) is 4.85. The first kappa shape index (κ1) is 22.1. The Morgan fingerprint density at radius 3 is 2.56 bits per heavy atom. The Hall–Kier alpha value is -1.18. The van der Waals surface area contributed by atoms with Crippen molar-refractivity contribution in [3.8, 4) is 0 Å². The molecular formula is C20H22NNaO4S. The van der Waals surface area contributed by atoms with Gasteiger partial charge in [-0.1, -0.05) is 35.9 Å². The van der Waals surface area contributed by atoms with Crippen LogP contribution < -0.4 is 39.4 Å². The van der Waals surface area contributed by atoms with Crippen molar-refractivity contribution in [3.05, 3.63) is 64.7 Å². The van der Waals surface area contributed by atoms with Crippen LogP contribution >= 0.6 is 0 Å². The Morgan fingerprint density at radius 1 is 1.19 bits per heavy atom. The van der Waals surface area contributed by atoms with Crippen LogP contribution in [0.4, 0.5) is 0 Å². The molecule has 2 aromatic carbocycles. The van der Waals surface area contributed by atoms with Crippen LogP contribution in [0, 0.1) is 6.92 Å². The molecule has 0 aliphatic heterocycles. The number of fused-ring (bicyclic) bond motifs is 1. The van der Waals surface area contributed by atoms with E-state index in [-0.39, 0.29) is 46.8 Å². The molecule has 7 heteroatoms. The average molecular weight is 395 g/mol.